The number of hydrogen-bond acceptors (Lipinski definition) is 9. The molecule has 0 aromatic heterocycles. The third-order valence-electron chi connectivity index (χ3n) is 9.30. The van der Waals surface area contributed by atoms with E-state index in [9.17, 15) is 47.4 Å². The van der Waals surface area contributed by atoms with E-state index in [-0.39, 0.29) is 37.2 Å². The normalized spacial score (nSPS) is 31.9. The average Bonchev–Trinajstić information content (AvgIpc) is 2.89. The summed E-state index contributed by atoms with van der Waals surface area (Å²) in [6, 6.07) is 1.75. The van der Waals surface area contributed by atoms with Gasteiger partial charge in [-0.2, -0.15) is 13.2 Å². The molecule has 0 radical (unpaired) electrons. The van der Waals surface area contributed by atoms with Crippen molar-refractivity contribution in [1.82, 2.24) is 9.80 Å². The molecule has 0 bridgehead atoms. The summed E-state index contributed by atoms with van der Waals surface area (Å²) < 4.78 is 38.0. The molecular formula is C29H32F3N3O7. The Bertz CT molecular complexity index is 1420. The summed E-state index contributed by atoms with van der Waals surface area (Å²) in [5.74, 6) is -11.2. The molecule has 1 aromatic rings. The van der Waals surface area contributed by atoms with Gasteiger partial charge in [0.05, 0.1) is 23.9 Å². The number of nitrogens with zero attached hydrogens (tertiary/aromatic N) is 2. The SMILES string of the molecule is CN(C)[C@@H]1C(=O)C(C(N)=O)C(=O)[C@@]2(O)C(=O)C3C(=O)c4c(O)ccc(C5=CCN(CCC(F)(F)F)CC5)c4C[C@H]3C[C@@H]12. The average molecular weight is 592 g/mol. The van der Waals surface area contributed by atoms with Crippen molar-refractivity contribution in [2.75, 3.05) is 33.7 Å². The standard InChI is InChI=1S/C29H32F3N3O7/c1-34(2)22-17-12-14-11-16-15(13-5-8-35(9-6-13)10-7-28(30,31)32)3-4-18(36)20(16)23(37)19(14)25(39)29(17,42)26(40)21(24(22)38)27(33)41/h3-5,14,17,19,21-22,36,42H,6-12H2,1-2H3,(H2,33,41)/t14-,17-,19?,21?,22-,29-/m0/s1. The summed E-state index contributed by atoms with van der Waals surface area (Å²) in [5, 5.41) is 22.4. The molecule has 2 fully saturated rings. The number of phenolic OH excluding ortho intramolecular Hbond substituents is 1. The van der Waals surface area contributed by atoms with Gasteiger partial charge in [0.25, 0.3) is 0 Å². The number of nitrogens with two attached hydrogens (primary N) is 1. The number of benzene rings is 1. The van der Waals surface area contributed by atoms with Crippen LogP contribution in [0.2, 0.25) is 0 Å². The largest absolute Gasteiger partial charge is 0.507 e. The van der Waals surface area contributed by atoms with Gasteiger partial charge in [-0.05, 0) is 62.0 Å². The number of phenols is 1. The van der Waals surface area contributed by atoms with Crippen LogP contribution in [0.25, 0.3) is 5.57 Å². The number of hydrogen-bond donors (Lipinski definition) is 3. The van der Waals surface area contributed by atoms with E-state index in [1.54, 1.807) is 17.0 Å². The monoisotopic (exact) mass is 591 g/mol. The van der Waals surface area contributed by atoms with Crippen LogP contribution in [0.5, 0.6) is 5.75 Å². The van der Waals surface area contributed by atoms with Crippen molar-refractivity contribution < 1.29 is 47.4 Å². The van der Waals surface area contributed by atoms with Crippen molar-refractivity contribution in [1.29, 1.82) is 0 Å². The Morgan fingerprint density at radius 2 is 1.86 bits per heavy atom. The summed E-state index contributed by atoms with van der Waals surface area (Å²) in [5.41, 5.74) is 4.32. The van der Waals surface area contributed by atoms with E-state index >= 15 is 0 Å². The van der Waals surface area contributed by atoms with Crippen LogP contribution in [0, 0.1) is 23.7 Å². The highest BCUT2D eigenvalue weighted by atomic mass is 19.4. The Labute approximate surface area is 239 Å². The number of rotatable bonds is 5. The summed E-state index contributed by atoms with van der Waals surface area (Å²) in [7, 11) is 3.02. The van der Waals surface area contributed by atoms with Crippen molar-refractivity contribution in [3.05, 3.63) is 34.9 Å². The molecule has 226 valence electrons. The third kappa shape index (κ3) is 4.67. The minimum absolute atomic E-state index is 0.0662. The van der Waals surface area contributed by atoms with Gasteiger partial charge in [0, 0.05) is 25.6 Å². The molecule has 0 spiro atoms. The number of alkyl halides is 3. The van der Waals surface area contributed by atoms with Crippen LogP contribution in [0.1, 0.15) is 40.7 Å². The molecule has 6 atom stereocenters. The highest BCUT2D eigenvalue weighted by Gasteiger charge is 2.69. The van der Waals surface area contributed by atoms with Gasteiger partial charge in [0.1, 0.15) is 5.75 Å². The van der Waals surface area contributed by atoms with Crippen LogP contribution in [0.15, 0.2) is 18.2 Å². The van der Waals surface area contributed by atoms with Gasteiger partial charge in [0.15, 0.2) is 34.7 Å². The molecule has 2 unspecified atom stereocenters. The second-order valence-electron chi connectivity index (χ2n) is 11.9. The summed E-state index contributed by atoms with van der Waals surface area (Å²) >= 11 is 0. The minimum Gasteiger partial charge on any atom is -0.507 e. The number of primary amides is 1. The highest BCUT2D eigenvalue weighted by Crippen LogP contribution is 2.51. The summed E-state index contributed by atoms with van der Waals surface area (Å²) in [6.07, 6.45) is -2.95. The van der Waals surface area contributed by atoms with E-state index in [2.05, 4.69) is 0 Å². The number of likely N-dealkylation sites (N-methyl/N-ethyl adjacent to an activating group) is 1. The van der Waals surface area contributed by atoms with E-state index in [0.717, 1.165) is 5.57 Å². The molecule has 10 nitrogen and oxygen atoms in total. The minimum atomic E-state index is -4.26. The molecular weight excluding hydrogens is 559 g/mol. The third-order valence-corrected chi connectivity index (χ3v) is 9.30. The quantitative estimate of drug-likeness (QED) is 0.423. The summed E-state index contributed by atoms with van der Waals surface area (Å²) in [4.78, 5) is 69.5. The predicted octanol–water partition coefficient (Wildman–Crippen LogP) is 0.909. The zero-order valence-corrected chi connectivity index (χ0v) is 23.1. The molecule has 5 rings (SSSR count). The number of Topliss-reactive ketones (excluding diaryl/α,β-unsaturated/α-hetero) is 4. The number of ketones is 4. The highest BCUT2D eigenvalue weighted by molar-refractivity contribution is 6.32. The Morgan fingerprint density at radius 1 is 1.17 bits per heavy atom. The maximum atomic E-state index is 13.9. The molecule has 42 heavy (non-hydrogen) atoms. The van der Waals surface area contributed by atoms with E-state index in [0.29, 0.717) is 24.1 Å². The number of fused-ring (bicyclic) bond motifs is 3. The van der Waals surface area contributed by atoms with Gasteiger partial charge in [-0.3, -0.25) is 33.8 Å². The molecule has 4 N–H and O–H groups in total. The first kappa shape index (κ1) is 30.1. The topological polar surface area (TPSA) is 158 Å². The fourth-order valence-electron chi connectivity index (χ4n) is 7.35. The van der Waals surface area contributed by atoms with Gasteiger partial charge >= 0.3 is 6.18 Å². The zero-order chi connectivity index (χ0) is 30.9. The Hall–Kier alpha value is -3.42. The first-order valence-corrected chi connectivity index (χ1v) is 13.8. The number of carbonyl (C=O) groups is 5. The maximum Gasteiger partial charge on any atom is 0.390 e. The van der Waals surface area contributed by atoms with Gasteiger partial charge in [-0.25, -0.2) is 0 Å². The fourth-order valence-corrected chi connectivity index (χ4v) is 7.35. The number of halogens is 3. The number of amides is 1. The van der Waals surface area contributed by atoms with Gasteiger partial charge < -0.3 is 15.9 Å². The Kier molecular flexibility index (Phi) is 7.43. The van der Waals surface area contributed by atoms with Crippen molar-refractivity contribution >= 4 is 34.6 Å². The second-order valence-corrected chi connectivity index (χ2v) is 11.9. The first-order chi connectivity index (χ1) is 19.6. The molecule has 2 saturated carbocycles. The smallest absolute Gasteiger partial charge is 0.390 e. The van der Waals surface area contributed by atoms with Crippen molar-refractivity contribution in [2.24, 2.45) is 29.4 Å². The van der Waals surface area contributed by atoms with Gasteiger partial charge in [-0.15, -0.1) is 0 Å². The molecule has 1 amide bonds. The van der Waals surface area contributed by atoms with Crippen LogP contribution >= 0.6 is 0 Å². The molecule has 1 aromatic carbocycles. The molecule has 0 saturated heterocycles. The van der Waals surface area contributed by atoms with E-state index < -0.39 is 77.0 Å². The van der Waals surface area contributed by atoms with E-state index in [1.165, 1.54) is 25.1 Å². The lowest BCUT2D eigenvalue weighted by molar-refractivity contribution is -0.181. The zero-order valence-electron chi connectivity index (χ0n) is 23.1. The van der Waals surface area contributed by atoms with E-state index in [4.69, 9.17) is 5.73 Å². The maximum absolute atomic E-state index is 13.9. The molecule has 1 aliphatic heterocycles. The number of aliphatic hydroxyl groups is 1. The fraction of sp³-hybridized carbons (Fsp3) is 0.552. The lowest BCUT2D eigenvalue weighted by Gasteiger charge is -2.52. The lowest BCUT2D eigenvalue weighted by atomic mass is 9.52. The Morgan fingerprint density at radius 3 is 2.43 bits per heavy atom. The lowest BCUT2D eigenvalue weighted by Crippen LogP contribution is -2.74. The second kappa shape index (κ2) is 10.4. The number of carbonyl (C=O) groups excluding carboxylic acids is 5. The van der Waals surface area contributed by atoms with Crippen LogP contribution in [0.4, 0.5) is 13.2 Å². The van der Waals surface area contributed by atoms with Crippen LogP contribution < -0.4 is 5.73 Å². The molecule has 4 aliphatic rings. The predicted molar refractivity (Wildman–Crippen MR) is 141 cm³/mol. The number of aromatic hydroxyl groups is 1. The summed E-state index contributed by atoms with van der Waals surface area (Å²) in [6.45, 7) is 0.488. The van der Waals surface area contributed by atoms with Crippen molar-refractivity contribution in [3.8, 4) is 5.75 Å². The van der Waals surface area contributed by atoms with Gasteiger partial charge in [-0.1, -0.05) is 12.1 Å². The molecule has 1 heterocycles. The Balaban J connectivity index is 1.52. The molecule has 13 heteroatoms. The van der Waals surface area contributed by atoms with Crippen molar-refractivity contribution in [2.45, 2.75) is 43.5 Å². The van der Waals surface area contributed by atoms with Crippen molar-refractivity contribution in [3.63, 3.8) is 0 Å². The van der Waals surface area contributed by atoms with Crippen LogP contribution in [0.3, 0.4) is 0 Å². The van der Waals surface area contributed by atoms with Crippen LogP contribution in [-0.2, 0) is 25.6 Å². The van der Waals surface area contributed by atoms with E-state index in [1.807, 2.05) is 0 Å². The molecule has 3 aliphatic carbocycles. The first-order valence-electron chi connectivity index (χ1n) is 13.8. The van der Waals surface area contributed by atoms with Crippen LogP contribution in [-0.4, -0.2) is 101 Å². The van der Waals surface area contributed by atoms with Gasteiger partial charge in [0.2, 0.25) is 5.91 Å².